The van der Waals surface area contributed by atoms with Crippen LogP contribution in [0.4, 0.5) is 0 Å². The Morgan fingerprint density at radius 2 is 1.77 bits per heavy atom. The molecular weight excluding hydrogens is 274 g/mol. The standard InChI is InChI=1S/C19H35NO2/c1-3-4-12-15-18(21)16-13-10-8-6-5-7-9-11-14-17-19(22)20-2/h8,10,13,16,18,21H,3-7,9,11-12,14-15,17H2,1-2H3,(H,20,22)/b10-8-,16-13+. The number of aliphatic hydroxyl groups excluding tert-OH is 1. The summed E-state index contributed by atoms with van der Waals surface area (Å²) in [6.07, 6.45) is 19.6. The summed E-state index contributed by atoms with van der Waals surface area (Å²) in [5, 5.41) is 12.4. The molecule has 0 aromatic rings. The molecule has 0 aromatic heterocycles. The largest absolute Gasteiger partial charge is 0.389 e. The highest BCUT2D eigenvalue weighted by molar-refractivity contribution is 5.75. The minimum absolute atomic E-state index is 0.145. The van der Waals surface area contributed by atoms with Gasteiger partial charge in [0, 0.05) is 13.5 Å². The lowest BCUT2D eigenvalue weighted by atomic mass is 10.1. The van der Waals surface area contributed by atoms with Crippen molar-refractivity contribution in [1.82, 2.24) is 5.32 Å². The van der Waals surface area contributed by atoms with Crippen LogP contribution < -0.4 is 5.32 Å². The van der Waals surface area contributed by atoms with E-state index in [1.807, 2.05) is 18.2 Å². The molecule has 0 aromatic carbocycles. The summed E-state index contributed by atoms with van der Waals surface area (Å²) >= 11 is 0. The third-order valence-corrected chi connectivity index (χ3v) is 3.74. The molecule has 0 fully saturated rings. The summed E-state index contributed by atoms with van der Waals surface area (Å²) < 4.78 is 0. The fourth-order valence-corrected chi connectivity index (χ4v) is 2.27. The third kappa shape index (κ3) is 15.3. The van der Waals surface area contributed by atoms with Gasteiger partial charge in [-0.15, -0.1) is 0 Å². The van der Waals surface area contributed by atoms with E-state index in [-0.39, 0.29) is 12.0 Å². The molecule has 0 radical (unpaired) electrons. The fourth-order valence-electron chi connectivity index (χ4n) is 2.27. The van der Waals surface area contributed by atoms with Gasteiger partial charge in [0.15, 0.2) is 0 Å². The van der Waals surface area contributed by atoms with E-state index in [9.17, 15) is 9.90 Å². The van der Waals surface area contributed by atoms with Crippen LogP contribution >= 0.6 is 0 Å². The molecule has 22 heavy (non-hydrogen) atoms. The predicted molar refractivity (Wildman–Crippen MR) is 94.8 cm³/mol. The van der Waals surface area contributed by atoms with Crippen molar-refractivity contribution in [3.63, 3.8) is 0 Å². The smallest absolute Gasteiger partial charge is 0.219 e. The molecule has 0 bridgehead atoms. The van der Waals surface area contributed by atoms with Crippen LogP contribution in [0.1, 0.15) is 77.6 Å². The third-order valence-electron chi connectivity index (χ3n) is 3.74. The van der Waals surface area contributed by atoms with Crippen molar-refractivity contribution < 1.29 is 9.90 Å². The van der Waals surface area contributed by atoms with E-state index in [4.69, 9.17) is 0 Å². The van der Waals surface area contributed by atoms with Gasteiger partial charge in [-0.05, 0) is 25.7 Å². The molecule has 3 heteroatoms. The van der Waals surface area contributed by atoms with Crippen LogP contribution in [0.3, 0.4) is 0 Å². The topological polar surface area (TPSA) is 49.3 Å². The molecular formula is C19H35NO2. The first-order valence-electron chi connectivity index (χ1n) is 8.92. The molecule has 0 aliphatic heterocycles. The zero-order valence-corrected chi connectivity index (χ0v) is 14.5. The van der Waals surface area contributed by atoms with E-state index in [1.54, 1.807) is 7.05 Å². The van der Waals surface area contributed by atoms with Crippen LogP contribution in [-0.2, 0) is 4.79 Å². The van der Waals surface area contributed by atoms with Crippen LogP contribution in [0, 0.1) is 0 Å². The minimum atomic E-state index is -0.295. The lowest BCUT2D eigenvalue weighted by Gasteiger charge is -2.03. The van der Waals surface area contributed by atoms with Gasteiger partial charge in [-0.3, -0.25) is 4.79 Å². The van der Waals surface area contributed by atoms with Crippen molar-refractivity contribution in [2.24, 2.45) is 0 Å². The molecule has 0 spiro atoms. The van der Waals surface area contributed by atoms with Gasteiger partial charge < -0.3 is 10.4 Å². The first-order valence-corrected chi connectivity index (χ1v) is 8.92. The van der Waals surface area contributed by atoms with Crippen molar-refractivity contribution >= 4 is 5.91 Å². The minimum Gasteiger partial charge on any atom is -0.389 e. The number of nitrogens with one attached hydrogen (secondary N) is 1. The van der Waals surface area contributed by atoms with Gasteiger partial charge in [0.25, 0.3) is 0 Å². The number of hydrogen-bond acceptors (Lipinski definition) is 2. The summed E-state index contributed by atoms with van der Waals surface area (Å²) in [4.78, 5) is 11.0. The van der Waals surface area contributed by atoms with E-state index in [0.717, 1.165) is 32.1 Å². The highest BCUT2D eigenvalue weighted by atomic mass is 16.3. The molecule has 2 N–H and O–H groups in total. The van der Waals surface area contributed by atoms with Gasteiger partial charge in [-0.2, -0.15) is 0 Å². The summed E-state index contributed by atoms with van der Waals surface area (Å²) in [6, 6.07) is 0. The van der Waals surface area contributed by atoms with Gasteiger partial charge in [0.2, 0.25) is 5.91 Å². The van der Waals surface area contributed by atoms with E-state index in [2.05, 4.69) is 18.3 Å². The molecule has 0 aliphatic carbocycles. The van der Waals surface area contributed by atoms with Crippen molar-refractivity contribution in [2.45, 2.75) is 83.7 Å². The maximum atomic E-state index is 11.0. The SMILES string of the molecule is CCCCCC(O)/C=C/C=C\CCCCCCCC(=O)NC. The highest BCUT2D eigenvalue weighted by Crippen LogP contribution is 2.08. The van der Waals surface area contributed by atoms with Crippen molar-refractivity contribution in [2.75, 3.05) is 7.05 Å². The average Bonchev–Trinajstić information content (AvgIpc) is 2.52. The second-order valence-corrected chi connectivity index (χ2v) is 5.86. The Bertz CT molecular complexity index is 311. The fraction of sp³-hybridized carbons (Fsp3) is 0.737. The first-order chi connectivity index (χ1) is 10.7. The Morgan fingerprint density at radius 1 is 1.05 bits per heavy atom. The number of carbonyl (C=O) groups excluding carboxylic acids is 1. The maximum Gasteiger partial charge on any atom is 0.219 e. The summed E-state index contributed by atoms with van der Waals surface area (Å²) in [6.45, 7) is 2.17. The summed E-state index contributed by atoms with van der Waals surface area (Å²) in [5.74, 6) is 0.145. The second-order valence-electron chi connectivity index (χ2n) is 5.86. The number of hydrogen-bond donors (Lipinski definition) is 2. The van der Waals surface area contributed by atoms with Crippen molar-refractivity contribution in [1.29, 1.82) is 0 Å². The maximum absolute atomic E-state index is 11.0. The Hall–Kier alpha value is -1.09. The number of unbranched alkanes of at least 4 members (excludes halogenated alkanes) is 7. The number of amides is 1. The van der Waals surface area contributed by atoms with Crippen LogP contribution in [0.2, 0.25) is 0 Å². The van der Waals surface area contributed by atoms with E-state index in [1.165, 1.54) is 32.1 Å². The molecule has 1 atom stereocenters. The lowest BCUT2D eigenvalue weighted by Crippen LogP contribution is -2.16. The van der Waals surface area contributed by atoms with Gasteiger partial charge in [0.1, 0.15) is 0 Å². The van der Waals surface area contributed by atoms with E-state index in [0.29, 0.717) is 6.42 Å². The van der Waals surface area contributed by atoms with E-state index < -0.39 is 0 Å². The summed E-state index contributed by atoms with van der Waals surface area (Å²) in [5.41, 5.74) is 0. The molecule has 0 rings (SSSR count). The first kappa shape index (κ1) is 20.9. The number of aliphatic hydroxyl groups is 1. The van der Waals surface area contributed by atoms with Gasteiger partial charge in [-0.1, -0.05) is 69.8 Å². The summed E-state index contributed by atoms with van der Waals surface area (Å²) in [7, 11) is 1.69. The predicted octanol–water partition coefficient (Wildman–Crippen LogP) is 4.52. The van der Waals surface area contributed by atoms with Crippen LogP contribution in [0.5, 0.6) is 0 Å². The quantitative estimate of drug-likeness (QED) is 0.366. The zero-order valence-electron chi connectivity index (χ0n) is 14.5. The van der Waals surface area contributed by atoms with E-state index >= 15 is 0 Å². The highest BCUT2D eigenvalue weighted by Gasteiger charge is 1.97. The van der Waals surface area contributed by atoms with Gasteiger partial charge >= 0.3 is 0 Å². The zero-order chi connectivity index (χ0) is 16.5. The monoisotopic (exact) mass is 309 g/mol. The molecule has 128 valence electrons. The van der Waals surface area contributed by atoms with Crippen LogP contribution in [-0.4, -0.2) is 24.2 Å². The Labute approximate surface area is 136 Å². The van der Waals surface area contributed by atoms with Gasteiger partial charge in [-0.25, -0.2) is 0 Å². The van der Waals surface area contributed by atoms with Crippen molar-refractivity contribution in [3.8, 4) is 0 Å². The van der Waals surface area contributed by atoms with Gasteiger partial charge in [0.05, 0.1) is 6.10 Å². The second kappa shape index (κ2) is 16.3. The molecule has 0 saturated carbocycles. The Balaban J connectivity index is 3.38. The molecule has 0 saturated heterocycles. The Kier molecular flexibility index (Phi) is 15.5. The number of rotatable bonds is 14. The van der Waals surface area contributed by atoms with Crippen molar-refractivity contribution in [3.05, 3.63) is 24.3 Å². The molecule has 0 aliphatic rings. The molecule has 0 heterocycles. The lowest BCUT2D eigenvalue weighted by molar-refractivity contribution is -0.120. The normalized spacial score (nSPS) is 13.0. The number of allylic oxidation sites excluding steroid dienone is 3. The average molecular weight is 309 g/mol. The molecule has 3 nitrogen and oxygen atoms in total. The molecule has 1 unspecified atom stereocenters. The Morgan fingerprint density at radius 3 is 2.50 bits per heavy atom. The number of carbonyl (C=O) groups is 1. The van der Waals surface area contributed by atoms with Crippen LogP contribution in [0.15, 0.2) is 24.3 Å². The molecule has 1 amide bonds. The van der Waals surface area contributed by atoms with Crippen LogP contribution in [0.25, 0.3) is 0 Å².